The molecule has 0 fully saturated rings. The van der Waals surface area contributed by atoms with Crippen molar-refractivity contribution in [1.29, 1.82) is 0 Å². The second-order valence-electron chi connectivity index (χ2n) is 21.7. The van der Waals surface area contributed by atoms with Crippen LogP contribution in [0, 0.1) is 0 Å². The lowest BCUT2D eigenvalue weighted by molar-refractivity contribution is -0.870. The summed E-state index contributed by atoms with van der Waals surface area (Å²) in [5.74, 6) is -0.916. The molecule has 82 heavy (non-hydrogen) atoms. The lowest BCUT2D eigenvalue weighted by atomic mass is 10.0. The Morgan fingerprint density at radius 2 is 0.671 bits per heavy atom. The Bertz CT molecular complexity index is 1990. The Hall–Kier alpha value is -4.63. The molecule has 0 aliphatic rings. The molecule has 0 aromatic carbocycles. The highest BCUT2D eigenvalue weighted by Crippen LogP contribution is 2.38. The molecule has 0 aliphatic carbocycles. The zero-order chi connectivity index (χ0) is 59.8. The van der Waals surface area contributed by atoms with Crippen molar-refractivity contribution >= 4 is 19.8 Å². The van der Waals surface area contributed by atoms with Crippen LogP contribution >= 0.6 is 7.82 Å². The number of rotatable bonds is 56. The molecule has 10 heteroatoms. The largest absolute Gasteiger partial charge is 0.756 e. The highest BCUT2D eigenvalue weighted by molar-refractivity contribution is 7.45. The van der Waals surface area contributed by atoms with E-state index in [1.807, 2.05) is 21.1 Å². The van der Waals surface area contributed by atoms with E-state index in [1.165, 1.54) is 64.2 Å². The fourth-order valence-electron chi connectivity index (χ4n) is 7.92. The Labute approximate surface area is 502 Å². The van der Waals surface area contributed by atoms with Gasteiger partial charge >= 0.3 is 11.9 Å². The molecule has 2 atom stereocenters. The predicted octanol–water partition coefficient (Wildman–Crippen LogP) is 20.0. The van der Waals surface area contributed by atoms with Crippen molar-refractivity contribution in [2.24, 2.45) is 0 Å². The average Bonchev–Trinajstić information content (AvgIpc) is 3.45. The normalized spacial score (nSPS) is 14.4. The van der Waals surface area contributed by atoms with E-state index in [0.717, 1.165) is 116 Å². The van der Waals surface area contributed by atoms with Gasteiger partial charge in [-0.2, -0.15) is 0 Å². The molecule has 0 bridgehead atoms. The van der Waals surface area contributed by atoms with Crippen molar-refractivity contribution in [3.05, 3.63) is 170 Å². The number of unbranched alkanes of at least 4 members (excludes halogenated alkanes) is 14. The Morgan fingerprint density at radius 3 is 1.01 bits per heavy atom. The smallest absolute Gasteiger partial charge is 0.306 e. The lowest BCUT2D eigenvalue weighted by Gasteiger charge is -2.28. The number of quaternary nitrogens is 1. The lowest BCUT2D eigenvalue weighted by Crippen LogP contribution is -2.37. The van der Waals surface area contributed by atoms with Gasteiger partial charge in [-0.25, -0.2) is 0 Å². The van der Waals surface area contributed by atoms with Crippen LogP contribution < -0.4 is 4.89 Å². The van der Waals surface area contributed by atoms with Crippen molar-refractivity contribution in [2.45, 2.75) is 225 Å². The third-order valence-electron chi connectivity index (χ3n) is 12.7. The summed E-state index contributed by atoms with van der Waals surface area (Å²) in [6, 6.07) is 0. The summed E-state index contributed by atoms with van der Waals surface area (Å²) in [5, 5.41) is 0. The second kappa shape index (κ2) is 60.9. The highest BCUT2D eigenvalue weighted by Gasteiger charge is 2.21. The van der Waals surface area contributed by atoms with Crippen molar-refractivity contribution < 1.29 is 42.1 Å². The van der Waals surface area contributed by atoms with Crippen LogP contribution in [0.3, 0.4) is 0 Å². The number of carbonyl (C=O) groups excluding carboxylic acids is 2. The standard InChI is InChI=1S/C72H116NO8P/c1-6-8-10-12-14-16-18-20-22-24-26-28-30-31-32-33-34-35-36-37-38-39-40-41-43-45-47-49-51-53-55-57-59-61-63-65-72(75)81-70(69-80-82(76,77)79-67-66-73(3,4)5)68-78-71(74)64-62-60-58-56-54-52-50-48-46-44-42-29-27-25-23-21-19-17-15-13-11-9-7-2/h8-11,14-17,20-23,26-29,31-32,34-35,37-38,44,46,50,52,56,58,70H,6-7,12-13,18-19,24-25,30,33,36,39-43,45,47-49,51,53-55,57,59-69H2,1-5H3/b10-8-,11-9-,16-14-,17-15-,22-20-,23-21-,28-26-,29-27-,32-31-,35-34-,38-37-,46-44-,52-50-,58-56-. The molecular formula is C72H116NO8P. The Morgan fingerprint density at radius 1 is 0.378 bits per heavy atom. The van der Waals surface area contributed by atoms with Crippen LogP contribution in [0.15, 0.2) is 170 Å². The number of hydrogen-bond donors (Lipinski definition) is 0. The maximum Gasteiger partial charge on any atom is 0.306 e. The summed E-state index contributed by atoms with van der Waals surface area (Å²) >= 11 is 0. The van der Waals surface area contributed by atoms with E-state index in [4.69, 9.17) is 18.5 Å². The summed E-state index contributed by atoms with van der Waals surface area (Å²) in [6.07, 6.45) is 92.8. The minimum atomic E-state index is -4.66. The summed E-state index contributed by atoms with van der Waals surface area (Å²) in [4.78, 5) is 37.9. The number of likely N-dealkylation sites (N-methyl/N-ethyl adjacent to an activating group) is 1. The van der Waals surface area contributed by atoms with Gasteiger partial charge in [0.05, 0.1) is 27.7 Å². The van der Waals surface area contributed by atoms with E-state index >= 15 is 0 Å². The molecule has 462 valence electrons. The fourth-order valence-corrected chi connectivity index (χ4v) is 8.65. The number of carbonyl (C=O) groups is 2. The molecule has 0 saturated carbocycles. The molecular weight excluding hydrogens is 1040 g/mol. The molecule has 0 spiro atoms. The van der Waals surface area contributed by atoms with Gasteiger partial charge in [0.15, 0.2) is 6.10 Å². The SMILES string of the molecule is CC/C=C\C/C=C\C/C=C\C/C=C\C/C=C\C/C=C\C/C=C\CCCCCCCCCCCCCCCC(=O)OC(COC(=O)CCC/C=C\C/C=C\C/C=C\C/C=C\C/C=C\C/C=C\C/C=C\CC)COP(=O)([O-])OCC[N+](C)(C)C. The van der Waals surface area contributed by atoms with Gasteiger partial charge in [-0.05, 0) is 122 Å². The summed E-state index contributed by atoms with van der Waals surface area (Å²) in [5.41, 5.74) is 0. The Kier molecular flexibility index (Phi) is 57.5. The molecule has 0 heterocycles. The molecule has 0 rings (SSSR count). The molecule has 0 radical (unpaired) electrons. The van der Waals surface area contributed by atoms with Gasteiger partial charge in [0.2, 0.25) is 0 Å². The van der Waals surface area contributed by atoms with Crippen LogP contribution in [0.4, 0.5) is 0 Å². The zero-order valence-electron chi connectivity index (χ0n) is 52.4. The molecule has 0 N–H and O–H groups in total. The zero-order valence-corrected chi connectivity index (χ0v) is 53.3. The number of nitrogens with zero attached hydrogens (tertiary/aromatic N) is 1. The van der Waals surface area contributed by atoms with Crippen LogP contribution in [0.25, 0.3) is 0 Å². The first-order valence-electron chi connectivity index (χ1n) is 31.8. The van der Waals surface area contributed by atoms with E-state index in [9.17, 15) is 19.0 Å². The maximum atomic E-state index is 12.8. The quantitative estimate of drug-likeness (QED) is 0.0195. The minimum Gasteiger partial charge on any atom is -0.756 e. The third kappa shape index (κ3) is 64.5. The van der Waals surface area contributed by atoms with Crippen LogP contribution in [0.2, 0.25) is 0 Å². The Balaban J connectivity index is 4.21. The number of ether oxygens (including phenoxy) is 2. The van der Waals surface area contributed by atoms with Crippen molar-refractivity contribution in [2.75, 3.05) is 47.5 Å². The molecule has 0 saturated heterocycles. The molecule has 0 amide bonds. The first kappa shape index (κ1) is 77.4. The molecule has 2 unspecified atom stereocenters. The van der Waals surface area contributed by atoms with E-state index in [1.54, 1.807) is 0 Å². The van der Waals surface area contributed by atoms with Crippen molar-refractivity contribution in [3.63, 3.8) is 0 Å². The maximum absolute atomic E-state index is 12.8. The van der Waals surface area contributed by atoms with Crippen molar-refractivity contribution in [1.82, 2.24) is 0 Å². The van der Waals surface area contributed by atoms with Crippen LogP contribution in [-0.4, -0.2) is 70.0 Å². The number of phosphoric acid groups is 1. The summed E-state index contributed by atoms with van der Waals surface area (Å²) in [6.45, 7) is 3.92. The second-order valence-corrected chi connectivity index (χ2v) is 23.1. The van der Waals surface area contributed by atoms with Crippen molar-refractivity contribution in [3.8, 4) is 0 Å². The van der Waals surface area contributed by atoms with Crippen LogP contribution in [0.1, 0.15) is 219 Å². The topological polar surface area (TPSA) is 111 Å². The monoisotopic (exact) mass is 1150 g/mol. The number of esters is 2. The molecule has 0 aromatic heterocycles. The highest BCUT2D eigenvalue weighted by atomic mass is 31.2. The van der Waals surface area contributed by atoms with E-state index < -0.39 is 32.5 Å². The van der Waals surface area contributed by atoms with Gasteiger partial charge in [-0.1, -0.05) is 255 Å². The van der Waals surface area contributed by atoms with Gasteiger partial charge in [0, 0.05) is 12.8 Å². The average molecular weight is 1150 g/mol. The first-order chi connectivity index (χ1) is 40.0. The van der Waals surface area contributed by atoms with E-state index in [2.05, 4.69) is 184 Å². The summed E-state index contributed by atoms with van der Waals surface area (Å²) in [7, 11) is 1.11. The minimum absolute atomic E-state index is 0.0493. The van der Waals surface area contributed by atoms with Gasteiger partial charge in [0.25, 0.3) is 7.82 Å². The van der Waals surface area contributed by atoms with Gasteiger partial charge in [-0.15, -0.1) is 0 Å². The van der Waals surface area contributed by atoms with Crippen LogP contribution in [-0.2, 0) is 32.7 Å². The molecule has 9 nitrogen and oxygen atoms in total. The molecule has 0 aromatic rings. The van der Waals surface area contributed by atoms with Gasteiger partial charge in [0.1, 0.15) is 19.8 Å². The predicted molar refractivity (Wildman–Crippen MR) is 350 cm³/mol. The molecule has 0 aliphatic heterocycles. The van der Waals surface area contributed by atoms with E-state index in [0.29, 0.717) is 23.9 Å². The third-order valence-corrected chi connectivity index (χ3v) is 13.7. The number of hydrogen-bond acceptors (Lipinski definition) is 8. The summed E-state index contributed by atoms with van der Waals surface area (Å²) < 4.78 is 34.1. The first-order valence-corrected chi connectivity index (χ1v) is 33.3. The fraction of sp³-hybridized carbons (Fsp3) is 0.583. The number of allylic oxidation sites excluding steroid dienone is 28. The van der Waals surface area contributed by atoms with Crippen LogP contribution in [0.5, 0.6) is 0 Å². The number of phosphoric ester groups is 1. The van der Waals surface area contributed by atoms with Gasteiger partial charge in [-0.3, -0.25) is 14.2 Å². The van der Waals surface area contributed by atoms with E-state index in [-0.39, 0.29) is 26.1 Å². The van der Waals surface area contributed by atoms with Gasteiger partial charge < -0.3 is 27.9 Å².